The zero-order chi connectivity index (χ0) is 17.7. The third kappa shape index (κ3) is 2.37. The van der Waals surface area contributed by atoms with Crippen LogP contribution in [0, 0.1) is 5.92 Å². The Kier molecular flexibility index (Phi) is 3.46. The molecule has 130 valence electrons. The number of pyridine rings is 1. The molecule has 2 N–H and O–H groups in total. The number of rotatable bonds is 2. The largest absolute Gasteiger partial charge is 0.366 e. The van der Waals surface area contributed by atoms with Gasteiger partial charge in [0.15, 0.2) is 0 Å². The van der Waals surface area contributed by atoms with E-state index in [0.717, 1.165) is 17.7 Å². The molecule has 5 rings (SSSR count). The van der Waals surface area contributed by atoms with Crippen molar-refractivity contribution in [2.24, 2.45) is 10.9 Å². The number of aliphatic imine (C=N–C) groups is 1. The van der Waals surface area contributed by atoms with E-state index < -0.39 is 0 Å². The van der Waals surface area contributed by atoms with Gasteiger partial charge in [-0.2, -0.15) is 4.98 Å². The number of ketones is 1. The lowest BCUT2D eigenvalue weighted by Gasteiger charge is -2.36. The maximum Gasteiger partial charge on any atom is 0.250 e. The molecule has 2 aliphatic rings. The molecule has 3 atom stereocenters. The Morgan fingerprint density at radius 2 is 2.15 bits per heavy atom. The predicted octanol–water partition coefficient (Wildman–Crippen LogP) is 2.76. The van der Waals surface area contributed by atoms with E-state index in [4.69, 9.17) is 5.73 Å². The number of hydrogen-bond donors (Lipinski definition) is 1. The molecule has 0 amide bonds. The van der Waals surface area contributed by atoms with E-state index in [0.29, 0.717) is 12.4 Å². The van der Waals surface area contributed by atoms with Crippen LogP contribution in [-0.2, 0) is 4.79 Å². The average Bonchev–Trinajstić information content (AvgIpc) is 3.29. The molecule has 0 radical (unpaired) electrons. The summed E-state index contributed by atoms with van der Waals surface area (Å²) in [5, 5.41) is 6.35. The van der Waals surface area contributed by atoms with Crippen molar-refractivity contribution in [1.29, 1.82) is 0 Å². The highest BCUT2D eigenvalue weighted by molar-refractivity contribution is 7.10. The number of carbonyl (C=O) groups excluding carboxylic acids is 1. The zero-order valence-electron chi connectivity index (χ0n) is 13.8. The molecule has 0 aromatic carbocycles. The van der Waals surface area contributed by atoms with Crippen molar-refractivity contribution in [3.63, 3.8) is 0 Å². The van der Waals surface area contributed by atoms with Crippen LogP contribution in [0.1, 0.15) is 35.2 Å². The third-order valence-corrected chi connectivity index (χ3v) is 6.07. The Balaban J connectivity index is 1.62. The summed E-state index contributed by atoms with van der Waals surface area (Å²) in [5.41, 5.74) is 7.60. The van der Waals surface area contributed by atoms with Gasteiger partial charge in [-0.25, -0.2) is 9.67 Å². The Labute approximate surface area is 153 Å². The molecule has 1 aliphatic carbocycles. The standard InChI is InChI=1S/C18H16N6OS/c19-17-22-18-21-12-7-11(14-4-2-6-26-14)8-13(25)15(12)16(24(18)23-17)10-3-1-5-20-9-10/h1-6,9,11,15-16H,7-8H2,(H2,19,23). The molecular weight excluding hydrogens is 348 g/mol. The number of aromatic nitrogens is 4. The molecular formula is C18H16N6OS. The highest BCUT2D eigenvalue weighted by Crippen LogP contribution is 2.44. The number of anilines is 1. The molecule has 3 unspecified atom stereocenters. The summed E-state index contributed by atoms with van der Waals surface area (Å²) in [6, 6.07) is 7.64. The molecule has 26 heavy (non-hydrogen) atoms. The summed E-state index contributed by atoms with van der Waals surface area (Å²) in [5.74, 6) is 0.645. The first-order valence-corrected chi connectivity index (χ1v) is 9.34. The van der Waals surface area contributed by atoms with E-state index in [1.54, 1.807) is 28.4 Å². The minimum Gasteiger partial charge on any atom is -0.366 e. The van der Waals surface area contributed by atoms with Gasteiger partial charge in [0, 0.05) is 35.3 Å². The molecule has 0 saturated heterocycles. The third-order valence-electron chi connectivity index (χ3n) is 5.03. The monoisotopic (exact) mass is 364 g/mol. The van der Waals surface area contributed by atoms with Crippen LogP contribution in [0.5, 0.6) is 0 Å². The number of Topliss-reactive ketones (excluding diaryl/α,β-unsaturated/α-hetero) is 1. The van der Waals surface area contributed by atoms with Crippen LogP contribution >= 0.6 is 11.3 Å². The Hall–Kier alpha value is -2.87. The van der Waals surface area contributed by atoms with Crippen molar-refractivity contribution in [2.45, 2.75) is 24.8 Å². The van der Waals surface area contributed by atoms with Gasteiger partial charge in [-0.1, -0.05) is 12.1 Å². The molecule has 0 spiro atoms. The molecule has 0 bridgehead atoms. The van der Waals surface area contributed by atoms with E-state index >= 15 is 0 Å². The summed E-state index contributed by atoms with van der Waals surface area (Å²) in [4.78, 5) is 27.5. The van der Waals surface area contributed by atoms with E-state index in [1.807, 2.05) is 23.6 Å². The van der Waals surface area contributed by atoms with Gasteiger partial charge >= 0.3 is 0 Å². The molecule has 1 fully saturated rings. The second-order valence-electron chi connectivity index (χ2n) is 6.61. The second kappa shape index (κ2) is 5.84. The number of nitrogen functional groups attached to an aromatic ring is 1. The molecule has 1 saturated carbocycles. The van der Waals surface area contributed by atoms with Crippen molar-refractivity contribution in [2.75, 3.05) is 5.73 Å². The van der Waals surface area contributed by atoms with Gasteiger partial charge in [0.1, 0.15) is 5.78 Å². The van der Waals surface area contributed by atoms with Gasteiger partial charge < -0.3 is 5.73 Å². The number of nitrogens with zero attached hydrogens (tertiary/aromatic N) is 5. The van der Waals surface area contributed by atoms with E-state index in [1.165, 1.54) is 4.88 Å². The van der Waals surface area contributed by atoms with Crippen LogP contribution in [0.3, 0.4) is 0 Å². The lowest BCUT2D eigenvalue weighted by atomic mass is 9.73. The van der Waals surface area contributed by atoms with Crippen LogP contribution in [0.15, 0.2) is 47.0 Å². The second-order valence-corrected chi connectivity index (χ2v) is 7.59. The first-order chi connectivity index (χ1) is 12.7. The molecule has 4 heterocycles. The topological polar surface area (TPSA) is 99.0 Å². The molecule has 3 aromatic heterocycles. The number of thiophene rings is 1. The molecule has 7 nitrogen and oxygen atoms in total. The van der Waals surface area contributed by atoms with Gasteiger partial charge in [-0.3, -0.25) is 9.78 Å². The number of hydrogen-bond acceptors (Lipinski definition) is 7. The highest BCUT2D eigenvalue weighted by atomic mass is 32.1. The minimum absolute atomic E-state index is 0.166. The van der Waals surface area contributed by atoms with Crippen molar-refractivity contribution in [3.8, 4) is 0 Å². The average molecular weight is 364 g/mol. The molecule has 3 aromatic rings. The quantitative estimate of drug-likeness (QED) is 0.754. The van der Waals surface area contributed by atoms with E-state index in [2.05, 4.69) is 26.1 Å². The van der Waals surface area contributed by atoms with Gasteiger partial charge in [0.05, 0.1) is 12.0 Å². The van der Waals surface area contributed by atoms with Crippen molar-refractivity contribution in [3.05, 3.63) is 52.5 Å². The SMILES string of the molecule is Nc1nc2n(n1)C(c1cccnc1)C1C(=O)CC(c3cccs3)CC1=N2. The van der Waals surface area contributed by atoms with Crippen molar-refractivity contribution in [1.82, 2.24) is 19.7 Å². The van der Waals surface area contributed by atoms with Crippen molar-refractivity contribution >= 4 is 34.7 Å². The van der Waals surface area contributed by atoms with Crippen molar-refractivity contribution < 1.29 is 4.79 Å². The maximum atomic E-state index is 13.1. The van der Waals surface area contributed by atoms with Crippen LogP contribution < -0.4 is 5.73 Å². The predicted molar refractivity (Wildman–Crippen MR) is 98.7 cm³/mol. The maximum absolute atomic E-state index is 13.1. The lowest BCUT2D eigenvalue weighted by Crippen LogP contribution is -2.41. The van der Waals surface area contributed by atoms with Gasteiger partial charge in [0.2, 0.25) is 11.9 Å². The lowest BCUT2D eigenvalue weighted by molar-refractivity contribution is -0.122. The fraction of sp³-hybridized carbons (Fsp3) is 0.278. The summed E-state index contributed by atoms with van der Waals surface area (Å²) in [6.45, 7) is 0. The Morgan fingerprint density at radius 3 is 2.92 bits per heavy atom. The fourth-order valence-electron chi connectivity index (χ4n) is 3.95. The van der Waals surface area contributed by atoms with E-state index in [-0.39, 0.29) is 29.6 Å². The van der Waals surface area contributed by atoms with E-state index in [9.17, 15) is 4.79 Å². The fourth-order valence-corrected chi connectivity index (χ4v) is 4.78. The summed E-state index contributed by atoms with van der Waals surface area (Å²) in [6.07, 6.45) is 4.75. The van der Waals surface area contributed by atoms with Gasteiger partial charge in [0.25, 0.3) is 0 Å². The van der Waals surface area contributed by atoms with Gasteiger partial charge in [-0.15, -0.1) is 16.4 Å². The smallest absolute Gasteiger partial charge is 0.250 e. The summed E-state index contributed by atoms with van der Waals surface area (Å²) in [7, 11) is 0. The zero-order valence-corrected chi connectivity index (χ0v) is 14.6. The highest BCUT2D eigenvalue weighted by Gasteiger charge is 2.45. The first-order valence-electron chi connectivity index (χ1n) is 8.46. The Morgan fingerprint density at radius 1 is 1.23 bits per heavy atom. The van der Waals surface area contributed by atoms with Crippen LogP contribution in [0.2, 0.25) is 0 Å². The number of carbonyl (C=O) groups is 1. The Bertz CT molecular complexity index is 994. The van der Waals surface area contributed by atoms with Crippen LogP contribution in [0.25, 0.3) is 0 Å². The van der Waals surface area contributed by atoms with Crippen LogP contribution in [-0.4, -0.2) is 31.2 Å². The molecule has 8 heteroatoms. The summed E-state index contributed by atoms with van der Waals surface area (Å²) < 4.78 is 1.67. The minimum atomic E-state index is -0.344. The molecule has 1 aliphatic heterocycles. The van der Waals surface area contributed by atoms with Gasteiger partial charge in [-0.05, 0) is 29.5 Å². The number of fused-ring (bicyclic) bond motifs is 2. The normalized spacial score (nSPS) is 24.7. The first kappa shape index (κ1) is 15.4. The number of nitrogens with two attached hydrogens (primary N) is 1. The van der Waals surface area contributed by atoms with Crippen LogP contribution in [0.4, 0.5) is 11.9 Å². The summed E-state index contributed by atoms with van der Waals surface area (Å²) >= 11 is 1.69.